The quantitative estimate of drug-likeness (QED) is 0.927. The molecule has 0 amide bonds. The van der Waals surface area contributed by atoms with E-state index in [1.165, 1.54) is 0 Å². The highest BCUT2D eigenvalue weighted by atomic mass is 35.5. The molecule has 0 bridgehead atoms. The van der Waals surface area contributed by atoms with Crippen LogP contribution in [0.2, 0.25) is 10.0 Å². The van der Waals surface area contributed by atoms with Crippen LogP contribution in [0.15, 0.2) is 18.2 Å². The van der Waals surface area contributed by atoms with E-state index in [1.807, 2.05) is 23.9 Å². The molecule has 2 rings (SSSR count). The summed E-state index contributed by atoms with van der Waals surface area (Å²) in [7, 11) is 0. The van der Waals surface area contributed by atoms with Crippen molar-refractivity contribution < 1.29 is 0 Å². The number of nitrogens with two attached hydrogens (primary N) is 1. The van der Waals surface area contributed by atoms with Gasteiger partial charge in [0.25, 0.3) is 0 Å². The number of hydrogen-bond acceptors (Lipinski definition) is 3. The number of thioether (sulfide) groups is 1. The highest BCUT2D eigenvalue weighted by Gasteiger charge is 2.26. The van der Waals surface area contributed by atoms with Crippen molar-refractivity contribution in [1.29, 1.82) is 0 Å². The first kappa shape index (κ1) is 14.5. The summed E-state index contributed by atoms with van der Waals surface area (Å²) in [6.45, 7) is 3.91. The lowest BCUT2D eigenvalue weighted by Crippen LogP contribution is -2.45. The van der Waals surface area contributed by atoms with Crippen molar-refractivity contribution >= 4 is 35.0 Å². The molecule has 5 heteroatoms. The van der Waals surface area contributed by atoms with E-state index >= 15 is 0 Å². The summed E-state index contributed by atoms with van der Waals surface area (Å²) in [6.07, 6.45) is 0. The van der Waals surface area contributed by atoms with Gasteiger partial charge in [0, 0.05) is 46.7 Å². The second kappa shape index (κ2) is 6.49. The van der Waals surface area contributed by atoms with Crippen molar-refractivity contribution in [1.82, 2.24) is 4.90 Å². The zero-order valence-electron chi connectivity index (χ0n) is 10.4. The number of rotatable bonds is 3. The lowest BCUT2D eigenvalue weighted by Gasteiger charge is -2.39. The highest BCUT2D eigenvalue weighted by Crippen LogP contribution is 2.30. The van der Waals surface area contributed by atoms with Crippen LogP contribution in [0.25, 0.3) is 0 Å². The monoisotopic (exact) mass is 304 g/mol. The Hall–Kier alpha value is 0.0700. The maximum atomic E-state index is 6.08. The van der Waals surface area contributed by atoms with Gasteiger partial charge in [-0.2, -0.15) is 11.8 Å². The Morgan fingerprint density at radius 2 is 2.06 bits per heavy atom. The van der Waals surface area contributed by atoms with Gasteiger partial charge >= 0.3 is 0 Å². The van der Waals surface area contributed by atoms with Gasteiger partial charge in [-0.15, -0.1) is 0 Å². The average Bonchev–Trinajstić information content (AvgIpc) is 2.31. The van der Waals surface area contributed by atoms with Crippen molar-refractivity contribution in [3.8, 4) is 0 Å². The molecule has 2 atom stereocenters. The summed E-state index contributed by atoms with van der Waals surface area (Å²) in [5.41, 5.74) is 7.08. The van der Waals surface area contributed by atoms with Gasteiger partial charge in [-0.05, 0) is 30.7 Å². The minimum atomic E-state index is 0.206. The van der Waals surface area contributed by atoms with Crippen LogP contribution in [-0.4, -0.2) is 35.5 Å². The van der Waals surface area contributed by atoms with Gasteiger partial charge < -0.3 is 5.73 Å². The molecule has 1 aromatic carbocycles. The summed E-state index contributed by atoms with van der Waals surface area (Å²) in [6, 6.07) is 6.45. The fourth-order valence-electron chi connectivity index (χ4n) is 2.43. The van der Waals surface area contributed by atoms with E-state index in [2.05, 4.69) is 11.8 Å². The van der Waals surface area contributed by atoms with Crippen LogP contribution in [0.1, 0.15) is 18.5 Å². The summed E-state index contributed by atoms with van der Waals surface area (Å²) in [5, 5.41) is 1.35. The molecule has 1 aromatic rings. The summed E-state index contributed by atoms with van der Waals surface area (Å²) < 4.78 is 0. The SMILES string of the molecule is CC1CSCCN1C(CN)c1cc(Cl)cc(Cl)c1. The fraction of sp³-hybridized carbons (Fsp3) is 0.538. The van der Waals surface area contributed by atoms with Crippen molar-refractivity contribution in [2.24, 2.45) is 5.73 Å². The standard InChI is InChI=1S/C13H18Cl2N2S/c1-9-8-18-3-2-17(9)13(7-16)10-4-11(14)6-12(15)5-10/h4-6,9,13H,2-3,7-8,16H2,1H3. The number of halogens is 2. The first-order valence-corrected chi connectivity index (χ1v) is 8.02. The molecular formula is C13H18Cl2N2S. The summed E-state index contributed by atoms with van der Waals surface area (Å²) in [4.78, 5) is 2.46. The largest absolute Gasteiger partial charge is 0.329 e. The lowest BCUT2D eigenvalue weighted by molar-refractivity contribution is 0.166. The van der Waals surface area contributed by atoms with Gasteiger partial charge in [-0.3, -0.25) is 4.90 Å². The molecule has 0 aliphatic carbocycles. The van der Waals surface area contributed by atoms with Crippen molar-refractivity contribution in [3.63, 3.8) is 0 Å². The van der Waals surface area contributed by atoms with Gasteiger partial charge in [0.15, 0.2) is 0 Å². The third-order valence-electron chi connectivity index (χ3n) is 3.31. The molecule has 100 valence electrons. The second-order valence-corrected chi connectivity index (χ2v) is 6.64. The van der Waals surface area contributed by atoms with E-state index in [0.29, 0.717) is 22.6 Å². The van der Waals surface area contributed by atoms with Crippen LogP contribution in [0.5, 0.6) is 0 Å². The molecule has 0 spiro atoms. The molecule has 1 aliphatic rings. The van der Waals surface area contributed by atoms with Crippen molar-refractivity contribution in [2.75, 3.05) is 24.6 Å². The zero-order chi connectivity index (χ0) is 13.1. The van der Waals surface area contributed by atoms with Gasteiger partial charge in [0.05, 0.1) is 0 Å². The Morgan fingerprint density at radius 3 is 2.61 bits per heavy atom. The molecule has 1 heterocycles. The van der Waals surface area contributed by atoms with Gasteiger partial charge in [-0.1, -0.05) is 23.2 Å². The van der Waals surface area contributed by atoms with Crippen LogP contribution in [0.4, 0.5) is 0 Å². The van der Waals surface area contributed by atoms with Gasteiger partial charge in [-0.25, -0.2) is 0 Å². The predicted octanol–water partition coefficient (Wildman–Crippen LogP) is 3.43. The highest BCUT2D eigenvalue weighted by molar-refractivity contribution is 7.99. The lowest BCUT2D eigenvalue weighted by atomic mass is 10.0. The zero-order valence-corrected chi connectivity index (χ0v) is 12.7. The van der Waals surface area contributed by atoms with Crippen LogP contribution in [-0.2, 0) is 0 Å². The molecule has 0 saturated carbocycles. The van der Waals surface area contributed by atoms with Crippen LogP contribution in [0, 0.1) is 0 Å². The molecule has 18 heavy (non-hydrogen) atoms. The molecule has 2 unspecified atom stereocenters. The average molecular weight is 305 g/mol. The topological polar surface area (TPSA) is 29.3 Å². The van der Waals surface area contributed by atoms with E-state index in [1.54, 1.807) is 6.07 Å². The van der Waals surface area contributed by atoms with Crippen molar-refractivity contribution in [3.05, 3.63) is 33.8 Å². The molecule has 1 aliphatic heterocycles. The first-order chi connectivity index (χ1) is 8.61. The van der Waals surface area contributed by atoms with E-state index in [4.69, 9.17) is 28.9 Å². The Labute approximate surface area is 123 Å². The number of benzene rings is 1. The van der Waals surface area contributed by atoms with Crippen molar-refractivity contribution in [2.45, 2.75) is 19.0 Å². The minimum absolute atomic E-state index is 0.206. The number of hydrogen-bond donors (Lipinski definition) is 1. The third kappa shape index (κ3) is 3.34. The molecule has 0 aromatic heterocycles. The molecule has 2 nitrogen and oxygen atoms in total. The maximum absolute atomic E-state index is 6.08. The van der Waals surface area contributed by atoms with E-state index in [9.17, 15) is 0 Å². The Balaban J connectivity index is 2.26. The van der Waals surface area contributed by atoms with E-state index < -0.39 is 0 Å². The normalized spacial score (nSPS) is 23.0. The second-order valence-electron chi connectivity index (χ2n) is 4.62. The van der Waals surface area contributed by atoms with E-state index in [0.717, 1.165) is 23.6 Å². The van der Waals surface area contributed by atoms with E-state index in [-0.39, 0.29) is 6.04 Å². The summed E-state index contributed by atoms with van der Waals surface area (Å²) in [5.74, 6) is 2.32. The minimum Gasteiger partial charge on any atom is -0.329 e. The summed E-state index contributed by atoms with van der Waals surface area (Å²) >= 11 is 14.2. The molecule has 2 N–H and O–H groups in total. The Bertz CT molecular complexity index is 394. The van der Waals surface area contributed by atoms with Gasteiger partial charge in [0.2, 0.25) is 0 Å². The van der Waals surface area contributed by atoms with Gasteiger partial charge in [0.1, 0.15) is 0 Å². The van der Waals surface area contributed by atoms with Crippen LogP contribution < -0.4 is 5.73 Å². The fourth-order valence-corrected chi connectivity index (χ4v) is 4.02. The van der Waals surface area contributed by atoms with Crippen LogP contribution in [0.3, 0.4) is 0 Å². The van der Waals surface area contributed by atoms with Crippen LogP contribution >= 0.6 is 35.0 Å². The molecule has 1 fully saturated rings. The smallest absolute Gasteiger partial charge is 0.0475 e. The number of nitrogens with zero attached hydrogens (tertiary/aromatic N) is 1. The maximum Gasteiger partial charge on any atom is 0.0475 e. The Morgan fingerprint density at radius 1 is 1.39 bits per heavy atom. The predicted molar refractivity (Wildman–Crippen MR) is 81.8 cm³/mol. The molecule has 1 saturated heterocycles. The third-order valence-corrected chi connectivity index (χ3v) is 4.94. The first-order valence-electron chi connectivity index (χ1n) is 6.11. The molecule has 0 radical (unpaired) electrons. The molecular weight excluding hydrogens is 287 g/mol. The Kier molecular flexibility index (Phi) is 5.22.